The molecule has 0 bridgehead atoms. The highest BCUT2D eigenvalue weighted by atomic mass is 16.5. The van der Waals surface area contributed by atoms with Crippen molar-refractivity contribution in [3.63, 3.8) is 0 Å². The zero-order chi connectivity index (χ0) is 20.8. The molecule has 3 aromatic rings. The van der Waals surface area contributed by atoms with Crippen molar-refractivity contribution in [2.75, 3.05) is 19.0 Å². The smallest absolute Gasteiger partial charge is 0.411 e. The second-order valence-corrected chi connectivity index (χ2v) is 5.99. The molecule has 1 heterocycles. The Bertz CT molecular complexity index is 1060. The molecule has 0 aliphatic rings. The molecule has 1 aromatic heterocycles. The minimum atomic E-state index is -0.574. The minimum absolute atomic E-state index is 0.254. The van der Waals surface area contributed by atoms with Crippen molar-refractivity contribution < 1.29 is 19.0 Å². The first-order valence-corrected chi connectivity index (χ1v) is 8.95. The molecule has 1 amide bonds. The third kappa shape index (κ3) is 4.73. The standard InChI is InChI=1S/C21H21N3O5/c1-4-28-21(26)22-14-10-11-17(29-15-8-6-5-7-9-15)16(12-14)20-18(27-3)13-19(25)24(2)23-20/h5-13H,4H2,1-3H3,(H,22,26). The van der Waals surface area contributed by atoms with Gasteiger partial charge in [-0.15, -0.1) is 0 Å². The molecular weight excluding hydrogens is 374 g/mol. The molecule has 0 atom stereocenters. The number of carbonyl (C=O) groups is 1. The molecule has 0 spiro atoms. The molecule has 3 rings (SSSR count). The summed E-state index contributed by atoms with van der Waals surface area (Å²) >= 11 is 0. The highest BCUT2D eigenvalue weighted by Gasteiger charge is 2.17. The van der Waals surface area contributed by atoms with Gasteiger partial charge >= 0.3 is 6.09 Å². The lowest BCUT2D eigenvalue weighted by Gasteiger charge is -2.15. The summed E-state index contributed by atoms with van der Waals surface area (Å²) in [5.41, 5.74) is 1.11. The lowest BCUT2D eigenvalue weighted by atomic mass is 10.1. The SMILES string of the molecule is CCOC(=O)Nc1ccc(Oc2ccccc2)c(-c2nn(C)c(=O)cc2OC)c1. The van der Waals surface area contributed by atoms with E-state index >= 15 is 0 Å². The Morgan fingerprint density at radius 2 is 1.86 bits per heavy atom. The molecule has 150 valence electrons. The second-order valence-electron chi connectivity index (χ2n) is 5.99. The predicted molar refractivity (Wildman–Crippen MR) is 109 cm³/mol. The Kier molecular flexibility index (Phi) is 6.13. The molecule has 0 aliphatic carbocycles. The molecule has 0 saturated carbocycles. The van der Waals surface area contributed by atoms with Crippen LogP contribution in [0.1, 0.15) is 6.92 Å². The van der Waals surface area contributed by atoms with Crippen LogP contribution in [0.2, 0.25) is 0 Å². The van der Waals surface area contributed by atoms with Gasteiger partial charge in [0.2, 0.25) is 0 Å². The van der Waals surface area contributed by atoms with Gasteiger partial charge in [0.1, 0.15) is 17.2 Å². The van der Waals surface area contributed by atoms with Crippen molar-refractivity contribution in [3.05, 3.63) is 65.0 Å². The number of carbonyl (C=O) groups excluding carboxylic acids is 1. The summed E-state index contributed by atoms with van der Waals surface area (Å²) in [5, 5.41) is 6.98. The number of benzene rings is 2. The number of amides is 1. The zero-order valence-corrected chi connectivity index (χ0v) is 16.3. The first-order valence-electron chi connectivity index (χ1n) is 8.95. The van der Waals surface area contributed by atoms with Crippen LogP contribution >= 0.6 is 0 Å². The first kappa shape index (κ1) is 19.9. The van der Waals surface area contributed by atoms with Gasteiger partial charge in [-0.3, -0.25) is 10.1 Å². The first-order chi connectivity index (χ1) is 14.0. The summed E-state index contributed by atoms with van der Waals surface area (Å²) in [6, 6.07) is 15.7. The van der Waals surface area contributed by atoms with Gasteiger partial charge in [-0.1, -0.05) is 18.2 Å². The fourth-order valence-electron chi connectivity index (χ4n) is 2.65. The number of rotatable bonds is 6. The summed E-state index contributed by atoms with van der Waals surface area (Å²) in [7, 11) is 3.00. The second kappa shape index (κ2) is 8.92. The lowest BCUT2D eigenvalue weighted by molar-refractivity contribution is 0.168. The number of methoxy groups -OCH3 is 1. The molecule has 29 heavy (non-hydrogen) atoms. The molecule has 0 unspecified atom stereocenters. The monoisotopic (exact) mass is 395 g/mol. The van der Waals surface area contributed by atoms with Gasteiger partial charge in [0.05, 0.1) is 19.3 Å². The van der Waals surface area contributed by atoms with Crippen molar-refractivity contribution in [1.82, 2.24) is 9.78 Å². The summed E-state index contributed by atoms with van der Waals surface area (Å²) in [6.07, 6.45) is -0.574. The number of aryl methyl sites for hydroxylation is 1. The zero-order valence-electron chi connectivity index (χ0n) is 16.3. The van der Waals surface area contributed by atoms with Crippen LogP contribution in [0.5, 0.6) is 17.2 Å². The van der Waals surface area contributed by atoms with Gasteiger partial charge in [0.15, 0.2) is 5.75 Å². The fraction of sp³-hybridized carbons (Fsp3) is 0.190. The maximum absolute atomic E-state index is 12.0. The van der Waals surface area contributed by atoms with Gasteiger partial charge in [0.25, 0.3) is 5.56 Å². The molecule has 0 fully saturated rings. The van der Waals surface area contributed by atoms with Crippen molar-refractivity contribution in [2.24, 2.45) is 7.05 Å². The van der Waals surface area contributed by atoms with E-state index < -0.39 is 6.09 Å². The van der Waals surface area contributed by atoms with Crippen LogP contribution in [-0.2, 0) is 11.8 Å². The Hall–Kier alpha value is -3.81. The predicted octanol–water partition coefficient (Wildman–Crippen LogP) is 3.82. The van der Waals surface area contributed by atoms with Crippen molar-refractivity contribution in [2.45, 2.75) is 6.92 Å². The van der Waals surface area contributed by atoms with E-state index in [0.717, 1.165) is 0 Å². The number of para-hydroxylation sites is 1. The largest absolute Gasteiger partial charge is 0.494 e. The third-order valence-electron chi connectivity index (χ3n) is 4.00. The van der Waals surface area contributed by atoms with Gasteiger partial charge in [-0.25, -0.2) is 9.48 Å². The number of aromatic nitrogens is 2. The lowest BCUT2D eigenvalue weighted by Crippen LogP contribution is -2.19. The van der Waals surface area contributed by atoms with E-state index in [9.17, 15) is 9.59 Å². The van der Waals surface area contributed by atoms with Crippen molar-refractivity contribution >= 4 is 11.8 Å². The fourth-order valence-corrected chi connectivity index (χ4v) is 2.65. The Balaban J connectivity index is 2.11. The summed E-state index contributed by atoms with van der Waals surface area (Å²) < 4.78 is 17.5. The molecule has 8 nitrogen and oxygen atoms in total. The average molecular weight is 395 g/mol. The van der Waals surface area contributed by atoms with E-state index in [1.54, 1.807) is 32.2 Å². The van der Waals surface area contributed by atoms with E-state index in [2.05, 4.69) is 10.4 Å². The molecule has 0 radical (unpaired) electrons. The maximum Gasteiger partial charge on any atom is 0.411 e. The van der Waals surface area contributed by atoms with E-state index in [1.807, 2.05) is 30.3 Å². The molecule has 0 aliphatic heterocycles. The molecule has 2 aromatic carbocycles. The summed E-state index contributed by atoms with van der Waals surface area (Å²) in [4.78, 5) is 23.8. The van der Waals surface area contributed by atoms with E-state index in [1.165, 1.54) is 17.9 Å². The number of nitrogens with zero attached hydrogens (tertiary/aromatic N) is 2. The van der Waals surface area contributed by atoms with Gasteiger partial charge in [-0.2, -0.15) is 5.10 Å². The van der Waals surface area contributed by atoms with Crippen LogP contribution in [0.15, 0.2) is 59.4 Å². The van der Waals surface area contributed by atoms with Gasteiger partial charge < -0.3 is 14.2 Å². The van der Waals surface area contributed by atoms with Crippen molar-refractivity contribution in [1.29, 1.82) is 0 Å². The highest BCUT2D eigenvalue weighted by molar-refractivity contribution is 5.87. The number of hydrogen-bond donors (Lipinski definition) is 1. The van der Waals surface area contributed by atoms with Gasteiger partial charge in [-0.05, 0) is 37.3 Å². The molecular formula is C21H21N3O5. The van der Waals surface area contributed by atoms with E-state index in [0.29, 0.717) is 34.2 Å². The third-order valence-corrected chi connectivity index (χ3v) is 4.00. The van der Waals surface area contributed by atoms with Crippen LogP contribution in [0.4, 0.5) is 10.5 Å². The number of nitrogens with one attached hydrogen (secondary N) is 1. The Morgan fingerprint density at radius 3 is 2.55 bits per heavy atom. The quantitative estimate of drug-likeness (QED) is 0.682. The van der Waals surface area contributed by atoms with Crippen molar-refractivity contribution in [3.8, 4) is 28.5 Å². The Labute approximate surface area is 167 Å². The van der Waals surface area contributed by atoms with E-state index in [4.69, 9.17) is 14.2 Å². The normalized spacial score (nSPS) is 10.3. The summed E-state index contributed by atoms with van der Waals surface area (Å²) in [6.45, 7) is 1.98. The number of anilines is 1. The van der Waals surface area contributed by atoms with Gasteiger partial charge in [0, 0.05) is 18.8 Å². The van der Waals surface area contributed by atoms with E-state index in [-0.39, 0.29) is 12.2 Å². The highest BCUT2D eigenvalue weighted by Crippen LogP contribution is 2.38. The van der Waals surface area contributed by atoms with Crippen LogP contribution in [0.3, 0.4) is 0 Å². The molecule has 0 saturated heterocycles. The topological polar surface area (TPSA) is 91.7 Å². The van der Waals surface area contributed by atoms with Crippen LogP contribution in [-0.4, -0.2) is 29.6 Å². The molecule has 1 N–H and O–H groups in total. The van der Waals surface area contributed by atoms with Crippen LogP contribution in [0, 0.1) is 0 Å². The molecule has 8 heteroatoms. The number of hydrogen-bond acceptors (Lipinski definition) is 6. The van der Waals surface area contributed by atoms with Crippen LogP contribution in [0.25, 0.3) is 11.3 Å². The minimum Gasteiger partial charge on any atom is -0.494 e. The summed E-state index contributed by atoms with van der Waals surface area (Å²) in [5.74, 6) is 1.40. The average Bonchev–Trinajstić information content (AvgIpc) is 2.72. The Morgan fingerprint density at radius 1 is 1.10 bits per heavy atom. The van der Waals surface area contributed by atoms with Crippen LogP contribution < -0.4 is 20.3 Å². The number of ether oxygens (including phenoxy) is 3. The maximum atomic E-state index is 12.0.